The Morgan fingerprint density at radius 1 is 1.17 bits per heavy atom. The third-order valence-corrected chi connectivity index (χ3v) is 2.23. The Bertz CT molecular complexity index is 471. The van der Waals surface area contributed by atoms with Crippen LogP contribution in [0.15, 0.2) is 24.3 Å². The summed E-state index contributed by atoms with van der Waals surface area (Å²) < 4.78 is 0. The minimum absolute atomic E-state index is 0.0856. The second-order valence-electron chi connectivity index (χ2n) is 3.58. The lowest BCUT2D eigenvalue weighted by atomic mass is 10.1. The van der Waals surface area contributed by atoms with Crippen LogP contribution < -0.4 is 16.0 Å². The second kappa shape index (κ2) is 6.39. The lowest BCUT2D eigenvalue weighted by Crippen LogP contribution is -2.40. The molecule has 96 valence electrons. The Morgan fingerprint density at radius 3 is 2.44 bits per heavy atom. The summed E-state index contributed by atoms with van der Waals surface area (Å²) in [4.78, 5) is 33.6. The summed E-state index contributed by atoms with van der Waals surface area (Å²) in [6, 6.07) is 6.30. The molecule has 6 nitrogen and oxygen atoms in total. The first-order valence-corrected chi connectivity index (χ1v) is 5.40. The number of hydrogen-bond acceptors (Lipinski definition) is 4. The van der Waals surface area contributed by atoms with Crippen LogP contribution in [-0.4, -0.2) is 31.3 Å². The van der Waals surface area contributed by atoms with Crippen molar-refractivity contribution in [3.8, 4) is 0 Å². The first-order valence-electron chi connectivity index (χ1n) is 5.40. The molecule has 0 heterocycles. The number of rotatable bonds is 4. The predicted octanol–water partition coefficient (Wildman–Crippen LogP) is 0.757. The molecule has 0 radical (unpaired) electrons. The molecule has 1 aromatic rings. The van der Waals surface area contributed by atoms with Crippen molar-refractivity contribution in [1.82, 2.24) is 10.6 Å². The highest BCUT2D eigenvalue weighted by molar-refractivity contribution is 6.01. The molecule has 0 aliphatic carbocycles. The van der Waals surface area contributed by atoms with Crippen LogP contribution in [0, 0.1) is 0 Å². The Labute approximate surface area is 105 Å². The monoisotopic (exact) mass is 249 g/mol. The van der Waals surface area contributed by atoms with E-state index in [1.54, 1.807) is 24.3 Å². The fourth-order valence-electron chi connectivity index (χ4n) is 1.35. The first-order chi connectivity index (χ1) is 8.54. The van der Waals surface area contributed by atoms with E-state index in [0.29, 0.717) is 11.3 Å². The van der Waals surface area contributed by atoms with Crippen LogP contribution in [0.3, 0.4) is 0 Å². The van der Waals surface area contributed by atoms with Crippen molar-refractivity contribution in [2.45, 2.75) is 6.92 Å². The standard InChI is InChI=1S/C12H15N3O3/c1-8(16)9-5-3-4-6-10(9)14-7-11(17)15-12(18)13-2/h3-6,14H,7H2,1-2H3,(H2,13,15,17,18). The Kier molecular flexibility index (Phi) is 4.86. The number of carbonyl (C=O) groups is 3. The minimum atomic E-state index is -0.568. The van der Waals surface area contributed by atoms with Crippen LogP contribution in [0.25, 0.3) is 0 Å². The number of imide groups is 1. The highest BCUT2D eigenvalue weighted by Crippen LogP contribution is 2.14. The van der Waals surface area contributed by atoms with E-state index in [0.717, 1.165) is 0 Å². The third-order valence-electron chi connectivity index (χ3n) is 2.23. The summed E-state index contributed by atoms with van der Waals surface area (Å²) >= 11 is 0. The number of benzene rings is 1. The first kappa shape index (κ1) is 13.7. The summed E-state index contributed by atoms with van der Waals surface area (Å²) in [6.45, 7) is 1.36. The van der Waals surface area contributed by atoms with E-state index in [9.17, 15) is 14.4 Å². The number of anilines is 1. The van der Waals surface area contributed by atoms with E-state index in [-0.39, 0.29) is 12.3 Å². The molecule has 18 heavy (non-hydrogen) atoms. The molecule has 0 atom stereocenters. The molecule has 3 amide bonds. The summed E-state index contributed by atoms with van der Waals surface area (Å²) in [6.07, 6.45) is 0. The number of nitrogens with one attached hydrogen (secondary N) is 3. The SMILES string of the molecule is CNC(=O)NC(=O)CNc1ccccc1C(C)=O. The number of para-hydroxylation sites is 1. The van der Waals surface area contributed by atoms with Crippen LogP contribution in [-0.2, 0) is 4.79 Å². The van der Waals surface area contributed by atoms with Gasteiger partial charge in [-0.05, 0) is 19.1 Å². The molecule has 0 aliphatic rings. The molecule has 0 spiro atoms. The Morgan fingerprint density at radius 2 is 1.83 bits per heavy atom. The normalized spacial score (nSPS) is 9.44. The maximum absolute atomic E-state index is 11.3. The van der Waals surface area contributed by atoms with Crippen molar-refractivity contribution in [2.75, 3.05) is 18.9 Å². The zero-order valence-corrected chi connectivity index (χ0v) is 10.2. The van der Waals surface area contributed by atoms with Crippen molar-refractivity contribution in [2.24, 2.45) is 0 Å². The van der Waals surface area contributed by atoms with Crippen molar-refractivity contribution >= 4 is 23.4 Å². The van der Waals surface area contributed by atoms with Gasteiger partial charge in [-0.25, -0.2) is 4.79 Å². The summed E-state index contributed by atoms with van der Waals surface area (Å²) in [5, 5.41) is 7.19. The zero-order chi connectivity index (χ0) is 13.5. The number of Topliss-reactive ketones (excluding diaryl/α,β-unsaturated/α-hetero) is 1. The number of urea groups is 1. The largest absolute Gasteiger partial charge is 0.376 e. The molecule has 1 aromatic carbocycles. The molecular weight excluding hydrogens is 234 g/mol. The lowest BCUT2D eigenvalue weighted by Gasteiger charge is -2.09. The van der Waals surface area contributed by atoms with Crippen molar-refractivity contribution in [1.29, 1.82) is 0 Å². The van der Waals surface area contributed by atoms with Gasteiger partial charge in [0.2, 0.25) is 5.91 Å². The summed E-state index contributed by atoms with van der Waals surface area (Å²) in [5.74, 6) is -0.572. The van der Waals surface area contributed by atoms with Crippen molar-refractivity contribution in [3.63, 3.8) is 0 Å². The fraction of sp³-hybridized carbons (Fsp3) is 0.250. The Balaban J connectivity index is 2.61. The molecular formula is C12H15N3O3. The van der Waals surface area contributed by atoms with Crippen LogP contribution in [0.1, 0.15) is 17.3 Å². The minimum Gasteiger partial charge on any atom is -0.376 e. The molecule has 0 bridgehead atoms. The molecule has 0 saturated carbocycles. The van der Waals surface area contributed by atoms with Crippen LogP contribution in [0.5, 0.6) is 0 Å². The smallest absolute Gasteiger partial charge is 0.321 e. The fourth-order valence-corrected chi connectivity index (χ4v) is 1.35. The van der Waals surface area contributed by atoms with Gasteiger partial charge >= 0.3 is 6.03 Å². The third kappa shape index (κ3) is 3.89. The van der Waals surface area contributed by atoms with E-state index in [1.807, 2.05) is 0 Å². The van der Waals surface area contributed by atoms with Crippen LogP contribution in [0.2, 0.25) is 0 Å². The number of carbonyl (C=O) groups excluding carboxylic acids is 3. The van der Waals surface area contributed by atoms with Gasteiger partial charge in [-0.15, -0.1) is 0 Å². The summed E-state index contributed by atoms with van der Waals surface area (Å²) in [5.41, 5.74) is 1.07. The highest BCUT2D eigenvalue weighted by atomic mass is 16.2. The molecule has 0 saturated heterocycles. The van der Waals surface area contributed by atoms with Crippen molar-refractivity contribution < 1.29 is 14.4 Å². The van der Waals surface area contributed by atoms with Gasteiger partial charge in [0.25, 0.3) is 0 Å². The maximum atomic E-state index is 11.3. The second-order valence-corrected chi connectivity index (χ2v) is 3.58. The quantitative estimate of drug-likeness (QED) is 0.687. The molecule has 0 aromatic heterocycles. The van der Waals surface area contributed by atoms with Gasteiger partial charge in [-0.3, -0.25) is 14.9 Å². The van der Waals surface area contributed by atoms with Crippen molar-refractivity contribution in [3.05, 3.63) is 29.8 Å². The topological polar surface area (TPSA) is 87.3 Å². The van der Waals surface area contributed by atoms with Gasteiger partial charge in [0, 0.05) is 18.3 Å². The summed E-state index contributed by atoms with van der Waals surface area (Å²) in [7, 11) is 1.42. The highest BCUT2D eigenvalue weighted by Gasteiger charge is 2.09. The molecule has 6 heteroatoms. The van der Waals surface area contributed by atoms with E-state index in [1.165, 1.54) is 14.0 Å². The zero-order valence-electron chi connectivity index (χ0n) is 10.2. The van der Waals surface area contributed by atoms with E-state index in [2.05, 4.69) is 16.0 Å². The molecule has 1 rings (SSSR count). The lowest BCUT2D eigenvalue weighted by molar-refractivity contribution is -0.118. The average Bonchev–Trinajstić information content (AvgIpc) is 2.36. The van der Waals surface area contributed by atoms with E-state index < -0.39 is 11.9 Å². The molecule has 0 fully saturated rings. The van der Waals surface area contributed by atoms with Crippen LogP contribution in [0.4, 0.5) is 10.5 Å². The number of amides is 3. The predicted molar refractivity (Wildman–Crippen MR) is 67.5 cm³/mol. The number of ketones is 1. The molecule has 0 unspecified atom stereocenters. The van der Waals surface area contributed by atoms with Gasteiger partial charge in [0.15, 0.2) is 5.78 Å². The van der Waals surface area contributed by atoms with E-state index in [4.69, 9.17) is 0 Å². The van der Waals surface area contributed by atoms with Gasteiger partial charge in [-0.2, -0.15) is 0 Å². The van der Waals surface area contributed by atoms with Gasteiger partial charge in [0.1, 0.15) is 0 Å². The maximum Gasteiger partial charge on any atom is 0.321 e. The van der Waals surface area contributed by atoms with Gasteiger partial charge in [0.05, 0.1) is 6.54 Å². The van der Waals surface area contributed by atoms with Gasteiger partial charge in [-0.1, -0.05) is 12.1 Å². The van der Waals surface area contributed by atoms with E-state index >= 15 is 0 Å². The van der Waals surface area contributed by atoms with Crippen LogP contribution >= 0.6 is 0 Å². The molecule has 0 aliphatic heterocycles. The molecule has 3 N–H and O–H groups in total. The Hall–Kier alpha value is -2.37. The average molecular weight is 249 g/mol. The number of hydrogen-bond donors (Lipinski definition) is 3. The van der Waals surface area contributed by atoms with Gasteiger partial charge < -0.3 is 10.6 Å².